The molecule has 0 aliphatic carbocycles. The van der Waals surface area contributed by atoms with Crippen LogP contribution in [0.15, 0.2) is 48.5 Å². The molecule has 0 saturated carbocycles. The number of benzene rings is 2. The lowest BCUT2D eigenvalue weighted by atomic mass is 10.1. The Labute approximate surface area is 145 Å². The first-order valence-electron chi connectivity index (χ1n) is 8.19. The number of morpholine rings is 1. The van der Waals surface area contributed by atoms with Gasteiger partial charge in [-0.25, -0.2) is 4.39 Å². The van der Waals surface area contributed by atoms with Gasteiger partial charge in [-0.15, -0.1) is 0 Å². The number of carboxylic acids is 1. The Hall–Kier alpha value is -2.44. The Kier molecular flexibility index (Phi) is 5.63. The summed E-state index contributed by atoms with van der Waals surface area (Å²) in [4.78, 5) is 12.8. The lowest BCUT2D eigenvalue weighted by molar-refractivity contribution is -0.137. The zero-order chi connectivity index (χ0) is 17.6. The molecule has 0 amide bonds. The average molecular weight is 345 g/mol. The molecule has 6 heteroatoms. The number of halogens is 1. The van der Waals surface area contributed by atoms with E-state index in [-0.39, 0.29) is 18.3 Å². The first-order chi connectivity index (χ1) is 12.1. The summed E-state index contributed by atoms with van der Waals surface area (Å²) in [7, 11) is 0. The third-order valence-electron chi connectivity index (χ3n) is 4.08. The van der Waals surface area contributed by atoms with Crippen molar-refractivity contribution in [2.24, 2.45) is 0 Å². The lowest BCUT2D eigenvalue weighted by Crippen LogP contribution is -2.39. The predicted octanol–water partition coefficient (Wildman–Crippen LogP) is 3.47. The number of carboxylic acid groups (broad SMARTS) is 1. The topological polar surface area (TPSA) is 59.0 Å². The first kappa shape index (κ1) is 17.4. The fourth-order valence-corrected chi connectivity index (χ4v) is 2.78. The van der Waals surface area contributed by atoms with Gasteiger partial charge in [0.1, 0.15) is 17.3 Å². The lowest BCUT2D eigenvalue weighted by Gasteiger charge is -2.32. The normalized spacial score (nSPS) is 18.0. The van der Waals surface area contributed by atoms with Gasteiger partial charge < -0.3 is 14.6 Å². The third-order valence-corrected chi connectivity index (χ3v) is 4.08. The van der Waals surface area contributed by atoms with Crippen molar-refractivity contribution in [1.82, 2.24) is 4.90 Å². The maximum atomic E-state index is 13.2. The zero-order valence-corrected chi connectivity index (χ0v) is 13.7. The fourth-order valence-electron chi connectivity index (χ4n) is 2.78. The number of carbonyl (C=O) groups is 1. The third kappa shape index (κ3) is 5.01. The van der Waals surface area contributed by atoms with Crippen molar-refractivity contribution in [2.75, 3.05) is 26.2 Å². The molecule has 1 atom stereocenters. The second-order valence-corrected chi connectivity index (χ2v) is 5.93. The summed E-state index contributed by atoms with van der Waals surface area (Å²) in [6.45, 7) is 2.50. The van der Waals surface area contributed by atoms with Gasteiger partial charge in [0.2, 0.25) is 0 Å². The van der Waals surface area contributed by atoms with Crippen LogP contribution >= 0.6 is 0 Å². The number of rotatable bonds is 6. The summed E-state index contributed by atoms with van der Waals surface area (Å²) < 4.78 is 24.6. The smallest absolute Gasteiger partial charge is 0.304 e. The highest BCUT2D eigenvalue weighted by Crippen LogP contribution is 2.27. The van der Waals surface area contributed by atoms with Crippen molar-refractivity contribution in [3.63, 3.8) is 0 Å². The largest absolute Gasteiger partial charge is 0.481 e. The quantitative estimate of drug-likeness (QED) is 0.869. The molecule has 1 fully saturated rings. The van der Waals surface area contributed by atoms with Crippen molar-refractivity contribution in [3.8, 4) is 11.5 Å². The van der Waals surface area contributed by atoms with Crippen LogP contribution in [0.25, 0.3) is 0 Å². The minimum atomic E-state index is -0.790. The fraction of sp³-hybridized carbons (Fsp3) is 0.316. The highest BCUT2D eigenvalue weighted by Gasteiger charge is 2.22. The molecule has 1 aliphatic rings. The summed E-state index contributed by atoms with van der Waals surface area (Å²) >= 11 is 0. The van der Waals surface area contributed by atoms with E-state index in [2.05, 4.69) is 4.90 Å². The highest BCUT2D eigenvalue weighted by atomic mass is 19.1. The van der Waals surface area contributed by atoms with Crippen LogP contribution in [0.1, 0.15) is 18.1 Å². The summed E-state index contributed by atoms with van der Waals surface area (Å²) in [6, 6.07) is 13.5. The molecular weight excluding hydrogens is 325 g/mol. The van der Waals surface area contributed by atoms with Crippen LogP contribution in [0.4, 0.5) is 4.39 Å². The number of hydrogen-bond acceptors (Lipinski definition) is 4. The second-order valence-electron chi connectivity index (χ2n) is 5.93. The number of hydrogen-bond donors (Lipinski definition) is 1. The van der Waals surface area contributed by atoms with Gasteiger partial charge in [-0.2, -0.15) is 0 Å². The molecular formula is C19H20FNO4. The summed E-state index contributed by atoms with van der Waals surface area (Å²) in [5.41, 5.74) is 1.01. The van der Waals surface area contributed by atoms with Gasteiger partial charge in [0.25, 0.3) is 0 Å². The Morgan fingerprint density at radius 3 is 2.76 bits per heavy atom. The maximum Gasteiger partial charge on any atom is 0.304 e. The number of aliphatic carboxylic acids is 1. The Morgan fingerprint density at radius 2 is 2.04 bits per heavy atom. The minimum Gasteiger partial charge on any atom is -0.481 e. The van der Waals surface area contributed by atoms with Crippen molar-refractivity contribution >= 4 is 5.97 Å². The van der Waals surface area contributed by atoms with Gasteiger partial charge in [-0.3, -0.25) is 9.69 Å². The molecule has 3 rings (SSSR count). The van der Waals surface area contributed by atoms with E-state index in [0.717, 1.165) is 12.1 Å². The van der Waals surface area contributed by atoms with E-state index in [1.807, 2.05) is 24.3 Å². The van der Waals surface area contributed by atoms with Crippen LogP contribution in [0.5, 0.6) is 11.5 Å². The van der Waals surface area contributed by atoms with E-state index >= 15 is 0 Å². The van der Waals surface area contributed by atoms with E-state index in [1.54, 1.807) is 12.1 Å². The van der Waals surface area contributed by atoms with Crippen molar-refractivity contribution < 1.29 is 23.8 Å². The number of ether oxygens (including phenoxy) is 2. The van der Waals surface area contributed by atoms with Gasteiger partial charge in [0, 0.05) is 25.7 Å². The molecule has 0 radical (unpaired) electrons. The zero-order valence-electron chi connectivity index (χ0n) is 13.7. The van der Waals surface area contributed by atoms with E-state index < -0.39 is 5.97 Å². The molecule has 1 N–H and O–H groups in total. The van der Waals surface area contributed by atoms with Crippen molar-refractivity contribution in [1.29, 1.82) is 0 Å². The Balaban J connectivity index is 1.60. The second kappa shape index (κ2) is 8.09. The molecule has 1 saturated heterocycles. The Morgan fingerprint density at radius 1 is 1.24 bits per heavy atom. The standard InChI is InChI=1S/C19H20FNO4/c20-15-2-1-3-17(12-15)25-16-6-4-14(5-7-16)18-13-21(10-11-24-18)9-8-19(22)23/h1-7,12,18H,8-11,13H2,(H,22,23). The first-order valence-corrected chi connectivity index (χ1v) is 8.19. The predicted molar refractivity (Wildman–Crippen MR) is 90.3 cm³/mol. The summed E-state index contributed by atoms with van der Waals surface area (Å²) in [6.07, 6.45) is 0.0402. The molecule has 0 bridgehead atoms. The summed E-state index contributed by atoms with van der Waals surface area (Å²) in [5, 5.41) is 8.80. The molecule has 2 aromatic carbocycles. The molecule has 1 aliphatic heterocycles. The van der Waals surface area contributed by atoms with Gasteiger partial charge in [-0.1, -0.05) is 18.2 Å². The summed E-state index contributed by atoms with van der Waals surface area (Å²) in [5.74, 6) is -0.0672. The van der Waals surface area contributed by atoms with Crippen molar-refractivity contribution in [2.45, 2.75) is 12.5 Å². The molecule has 1 unspecified atom stereocenters. The van der Waals surface area contributed by atoms with Crippen LogP contribution in [0.3, 0.4) is 0 Å². The minimum absolute atomic E-state index is 0.0919. The van der Waals surface area contributed by atoms with Crippen LogP contribution < -0.4 is 4.74 Å². The molecule has 0 aromatic heterocycles. The van der Waals surface area contributed by atoms with Crippen LogP contribution in [-0.2, 0) is 9.53 Å². The van der Waals surface area contributed by atoms with Crippen LogP contribution in [0, 0.1) is 5.82 Å². The molecule has 132 valence electrons. The van der Waals surface area contributed by atoms with Gasteiger partial charge >= 0.3 is 5.97 Å². The Bertz CT molecular complexity index is 720. The van der Waals surface area contributed by atoms with Gasteiger partial charge in [0.15, 0.2) is 0 Å². The number of nitrogens with zero attached hydrogens (tertiary/aromatic N) is 1. The average Bonchev–Trinajstić information content (AvgIpc) is 2.61. The molecule has 5 nitrogen and oxygen atoms in total. The van der Waals surface area contributed by atoms with Gasteiger partial charge in [0.05, 0.1) is 19.1 Å². The SMILES string of the molecule is O=C(O)CCN1CCOC(c2ccc(Oc3cccc(F)c3)cc2)C1. The monoisotopic (exact) mass is 345 g/mol. The van der Waals surface area contributed by atoms with Crippen LogP contribution in [-0.4, -0.2) is 42.2 Å². The van der Waals surface area contributed by atoms with E-state index in [9.17, 15) is 9.18 Å². The van der Waals surface area contributed by atoms with Crippen molar-refractivity contribution in [3.05, 3.63) is 59.9 Å². The maximum absolute atomic E-state index is 13.2. The molecule has 0 spiro atoms. The van der Waals surface area contributed by atoms with E-state index in [0.29, 0.717) is 31.2 Å². The van der Waals surface area contributed by atoms with E-state index in [4.69, 9.17) is 14.6 Å². The van der Waals surface area contributed by atoms with Gasteiger partial charge in [-0.05, 0) is 29.8 Å². The van der Waals surface area contributed by atoms with E-state index in [1.165, 1.54) is 12.1 Å². The van der Waals surface area contributed by atoms with Crippen LogP contribution in [0.2, 0.25) is 0 Å². The molecule has 1 heterocycles. The molecule has 2 aromatic rings. The molecule has 25 heavy (non-hydrogen) atoms. The highest BCUT2D eigenvalue weighted by molar-refractivity contribution is 5.66.